The first-order valence-electron chi connectivity index (χ1n) is 7.42. The summed E-state index contributed by atoms with van der Waals surface area (Å²) < 4.78 is 7.55. The molecule has 0 aliphatic heterocycles. The van der Waals surface area contributed by atoms with Crippen molar-refractivity contribution in [1.82, 2.24) is 14.8 Å². The minimum Gasteiger partial charge on any atom is -0.466 e. The molecule has 0 saturated carbocycles. The third-order valence-corrected chi connectivity index (χ3v) is 4.98. The van der Waals surface area contributed by atoms with Gasteiger partial charge in [-0.05, 0) is 26.0 Å². The number of hydrogen-bond donors (Lipinski definition) is 0. The Morgan fingerprint density at radius 3 is 2.58 bits per heavy atom. The lowest BCUT2D eigenvalue weighted by atomic mass is 10.1. The Balaban J connectivity index is 2.05. The molecule has 0 fully saturated rings. The van der Waals surface area contributed by atoms with E-state index in [1.54, 1.807) is 30.7 Å². The van der Waals surface area contributed by atoms with Crippen LogP contribution in [0, 0.1) is 0 Å². The number of rotatable bonds is 7. The van der Waals surface area contributed by atoms with E-state index in [0.717, 1.165) is 4.47 Å². The molecule has 0 N–H and O–H groups in total. The SMILES string of the molecule is CCOC(=O)Cc1nnc(S[C@H](C)C(=O)c2ccc(Br)cc2)n1C. The van der Waals surface area contributed by atoms with Crippen molar-refractivity contribution >= 4 is 39.4 Å². The molecule has 0 aliphatic rings. The van der Waals surface area contributed by atoms with Crippen molar-refractivity contribution in [2.75, 3.05) is 6.61 Å². The van der Waals surface area contributed by atoms with Gasteiger partial charge in [0, 0.05) is 17.1 Å². The van der Waals surface area contributed by atoms with Crippen molar-refractivity contribution in [2.24, 2.45) is 7.05 Å². The van der Waals surface area contributed by atoms with Gasteiger partial charge in [0.25, 0.3) is 0 Å². The highest BCUT2D eigenvalue weighted by atomic mass is 79.9. The maximum absolute atomic E-state index is 12.5. The van der Waals surface area contributed by atoms with Gasteiger partial charge in [0.2, 0.25) is 0 Å². The Morgan fingerprint density at radius 2 is 1.96 bits per heavy atom. The molecule has 0 aliphatic carbocycles. The van der Waals surface area contributed by atoms with E-state index in [9.17, 15) is 9.59 Å². The molecule has 0 radical (unpaired) electrons. The molecule has 1 heterocycles. The molecule has 24 heavy (non-hydrogen) atoms. The predicted molar refractivity (Wildman–Crippen MR) is 95.1 cm³/mol. The van der Waals surface area contributed by atoms with Crippen LogP contribution in [-0.4, -0.2) is 38.4 Å². The van der Waals surface area contributed by atoms with E-state index in [4.69, 9.17) is 4.74 Å². The fourth-order valence-electron chi connectivity index (χ4n) is 2.00. The second-order valence-electron chi connectivity index (χ2n) is 5.07. The summed E-state index contributed by atoms with van der Waals surface area (Å²) in [7, 11) is 1.77. The first kappa shape index (κ1) is 18.7. The summed E-state index contributed by atoms with van der Waals surface area (Å²) in [4.78, 5) is 24.0. The van der Waals surface area contributed by atoms with Gasteiger partial charge in [0.05, 0.1) is 11.9 Å². The Kier molecular flexibility index (Phi) is 6.56. The van der Waals surface area contributed by atoms with Crippen LogP contribution in [0.25, 0.3) is 0 Å². The summed E-state index contributed by atoms with van der Waals surface area (Å²) >= 11 is 4.67. The zero-order valence-corrected chi connectivity index (χ0v) is 16.1. The lowest BCUT2D eigenvalue weighted by molar-refractivity contribution is -0.142. The number of aromatic nitrogens is 3. The predicted octanol–water partition coefficient (Wildman–Crippen LogP) is 3.05. The van der Waals surface area contributed by atoms with Crippen molar-refractivity contribution in [3.63, 3.8) is 0 Å². The number of hydrogen-bond acceptors (Lipinski definition) is 6. The maximum atomic E-state index is 12.5. The number of carbonyl (C=O) groups is 2. The number of nitrogens with zero attached hydrogens (tertiary/aromatic N) is 3. The van der Waals surface area contributed by atoms with Gasteiger partial charge >= 0.3 is 5.97 Å². The van der Waals surface area contributed by atoms with E-state index >= 15 is 0 Å². The van der Waals surface area contributed by atoms with Gasteiger partial charge in [-0.2, -0.15) is 0 Å². The van der Waals surface area contributed by atoms with Crippen LogP contribution < -0.4 is 0 Å². The van der Waals surface area contributed by atoms with E-state index in [0.29, 0.717) is 23.2 Å². The summed E-state index contributed by atoms with van der Waals surface area (Å²) in [5.74, 6) is 0.185. The number of ketones is 1. The molecule has 1 aromatic heterocycles. The van der Waals surface area contributed by atoms with Crippen LogP contribution in [0.1, 0.15) is 30.0 Å². The monoisotopic (exact) mass is 411 g/mol. The van der Waals surface area contributed by atoms with E-state index in [1.807, 2.05) is 19.1 Å². The fraction of sp³-hybridized carbons (Fsp3) is 0.375. The van der Waals surface area contributed by atoms with Crippen molar-refractivity contribution in [3.05, 3.63) is 40.1 Å². The summed E-state index contributed by atoms with van der Waals surface area (Å²) in [6.07, 6.45) is 0.0624. The molecule has 8 heteroatoms. The van der Waals surface area contributed by atoms with Crippen LogP contribution in [0.2, 0.25) is 0 Å². The average Bonchev–Trinajstić information content (AvgIpc) is 2.88. The second-order valence-corrected chi connectivity index (χ2v) is 7.29. The maximum Gasteiger partial charge on any atom is 0.313 e. The summed E-state index contributed by atoms with van der Waals surface area (Å²) in [6.45, 7) is 3.91. The Hall–Kier alpha value is -1.67. The lowest BCUT2D eigenvalue weighted by Gasteiger charge is -2.10. The minimum atomic E-state index is -0.344. The molecule has 6 nitrogen and oxygen atoms in total. The number of thioether (sulfide) groups is 1. The normalized spacial score (nSPS) is 12.0. The average molecular weight is 412 g/mol. The van der Waals surface area contributed by atoms with Crippen LogP contribution >= 0.6 is 27.7 Å². The largest absolute Gasteiger partial charge is 0.466 e. The highest BCUT2D eigenvalue weighted by Crippen LogP contribution is 2.25. The minimum absolute atomic E-state index is 0.0162. The van der Waals surface area contributed by atoms with Gasteiger partial charge in [-0.15, -0.1) is 10.2 Å². The molecule has 0 spiro atoms. The van der Waals surface area contributed by atoms with E-state index in [-0.39, 0.29) is 23.4 Å². The van der Waals surface area contributed by atoms with E-state index in [1.165, 1.54) is 11.8 Å². The molecule has 1 aromatic carbocycles. The number of ether oxygens (including phenoxy) is 1. The molecular formula is C16H18BrN3O3S. The summed E-state index contributed by atoms with van der Waals surface area (Å²) in [5, 5.41) is 8.35. The van der Waals surface area contributed by atoms with Crippen LogP contribution in [0.15, 0.2) is 33.9 Å². The van der Waals surface area contributed by atoms with Crippen LogP contribution in [0.5, 0.6) is 0 Å². The molecule has 0 bridgehead atoms. The molecule has 0 amide bonds. The Labute approximate surface area is 153 Å². The van der Waals surface area contributed by atoms with Gasteiger partial charge in [-0.25, -0.2) is 0 Å². The summed E-state index contributed by atoms with van der Waals surface area (Å²) in [5.41, 5.74) is 0.645. The first-order chi connectivity index (χ1) is 11.4. The first-order valence-corrected chi connectivity index (χ1v) is 9.10. The molecule has 2 aromatic rings. The molecule has 2 rings (SSSR count). The van der Waals surface area contributed by atoms with Gasteiger partial charge < -0.3 is 9.30 Å². The summed E-state index contributed by atoms with van der Waals surface area (Å²) in [6, 6.07) is 7.24. The molecular weight excluding hydrogens is 394 g/mol. The molecule has 1 atom stereocenters. The quantitative estimate of drug-likeness (QED) is 0.396. The smallest absolute Gasteiger partial charge is 0.313 e. The number of carbonyl (C=O) groups excluding carboxylic acids is 2. The Bertz CT molecular complexity index is 731. The highest BCUT2D eigenvalue weighted by Gasteiger charge is 2.21. The van der Waals surface area contributed by atoms with Crippen LogP contribution in [0.4, 0.5) is 0 Å². The molecule has 128 valence electrons. The van der Waals surface area contributed by atoms with Crippen molar-refractivity contribution in [3.8, 4) is 0 Å². The van der Waals surface area contributed by atoms with Crippen molar-refractivity contribution in [1.29, 1.82) is 0 Å². The second kappa shape index (κ2) is 8.43. The topological polar surface area (TPSA) is 74.1 Å². The third-order valence-electron chi connectivity index (χ3n) is 3.31. The van der Waals surface area contributed by atoms with Gasteiger partial charge in [0.15, 0.2) is 10.9 Å². The van der Waals surface area contributed by atoms with Gasteiger partial charge in [0.1, 0.15) is 12.2 Å². The van der Waals surface area contributed by atoms with E-state index in [2.05, 4.69) is 26.1 Å². The van der Waals surface area contributed by atoms with Gasteiger partial charge in [-0.3, -0.25) is 9.59 Å². The van der Waals surface area contributed by atoms with Crippen molar-refractivity contribution < 1.29 is 14.3 Å². The lowest BCUT2D eigenvalue weighted by Crippen LogP contribution is -2.15. The zero-order valence-electron chi connectivity index (χ0n) is 13.7. The van der Waals surface area contributed by atoms with Gasteiger partial charge in [-0.1, -0.05) is 39.8 Å². The number of halogens is 1. The number of benzene rings is 1. The molecule has 0 saturated heterocycles. The van der Waals surface area contributed by atoms with Crippen LogP contribution in [0.3, 0.4) is 0 Å². The fourth-order valence-corrected chi connectivity index (χ4v) is 3.18. The molecule has 0 unspecified atom stereocenters. The Morgan fingerprint density at radius 1 is 1.29 bits per heavy atom. The third kappa shape index (κ3) is 4.67. The standard InChI is InChI=1S/C16H18BrN3O3S/c1-4-23-14(21)9-13-18-19-16(20(13)3)24-10(2)15(22)11-5-7-12(17)8-6-11/h5-8,10H,4,9H2,1-3H3/t10-/m1/s1. The number of Topliss-reactive ketones (excluding diaryl/α,β-unsaturated/α-hetero) is 1. The van der Waals surface area contributed by atoms with Crippen molar-refractivity contribution in [2.45, 2.75) is 30.7 Å². The highest BCUT2D eigenvalue weighted by molar-refractivity contribution is 9.10. The van der Waals surface area contributed by atoms with E-state index < -0.39 is 0 Å². The zero-order chi connectivity index (χ0) is 17.7. The number of esters is 1. The van der Waals surface area contributed by atoms with Crippen LogP contribution in [-0.2, 0) is 23.0 Å².